The van der Waals surface area contributed by atoms with Gasteiger partial charge in [0.2, 0.25) is 11.8 Å². The van der Waals surface area contributed by atoms with Crippen molar-refractivity contribution in [2.24, 2.45) is 11.7 Å². The highest BCUT2D eigenvalue weighted by molar-refractivity contribution is 5.90. The Morgan fingerprint density at radius 2 is 1.85 bits per heavy atom. The monoisotopic (exact) mass is 361 g/mol. The van der Waals surface area contributed by atoms with E-state index in [9.17, 15) is 14.4 Å². The number of nitrogens with two attached hydrogens (primary N) is 1. The minimum absolute atomic E-state index is 0.0996. The lowest BCUT2D eigenvalue weighted by atomic mass is 10.0. The third-order valence-electron chi connectivity index (χ3n) is 3.75. The van der Waals surface area contributed by atoms with Crippen LogP contribution in [-0.4, -0.2) is 30.0 Å². The molecule has 0 aromatic heterocycles. The molecule has 7 heteroatoms. The van der Waals surface area contributed by atoms with E-state index in [4.69, 9.17) is 10.5 Å². The van der Waals surface area contributed by atoms with Gasteiger partial charge in [0.25, 0.3) is 0 Å². The van der Waals surface area contributed by atoms with E-state index in [0.717, 1.165) is 5.56 Å². The number of primary amides is 1. The van der Waals surface area contributed by atoms with Crippen LogP contribution in [0.2, 0.25) is 0 Å². The fourth-order valence-electron chi connectivity index (χ4n) is 2.26. The highest BCUT2D eigenvalue weighted by Gasteiger charge is 2.28. The van der Waals surface area contributed by atoms with Gasteiger partial charge in [0.05, 0.1) is 0 Å². The molecule has 142 valence electrons. The number of amides is 3. The van der Waals surface area contributed by atoms with E-state index in [2.05, 4.69) is 17.2 Å². The Morgan fingerprint density at radius 3 is 2.38 bits per heavy atom. The first-order valence-corrected chi connectivity index (χ1v) is 8.53. The first-order valence-electron chi connectivity index (χ1n) is 8.53. The van der Waals surface area contributed by atoms with Crippen LogP contribution < -0.4 is 16.4 Å². The van der Waals surface area contributed by atoms with Gasteiger partial charge in [-0.05, 0) is 24.3 Å². The van der Waals surface area contributed by atoms with Crippen molar-refractivity contribution in [1.29, 1.82) is 0 Å². The van der Waals surface area contributed by atoms with E-state index in [-0.39, 0.29) is 12.5 Å². The van der Waals surface area contributed by atoms with Crippen molar-refractivity contribution >= 4 is 17.9 Å². The highest BCUT2D eigenvalue weighted by Crippen LogP contribution is 2.06. The summed E-state index contributed by atoms with van der Waals surface area (Å²) in [5.41, 5.74) is 6.15. The van der Waals surface area contributed by atoms with Crippen LogP contribution >= 0.6 is 0 Å². The van der Waals surface area contributed by atoms with Gasteiger partial charge >= 0.3 is 6.09 Å². The number of hydrogen-bond acceptors (Lipinski definition) is 4. The quantitative estimate of drug-likeness (QED) is 0.553. The zero-order valence-corrected chi connectivity index (χ0v) is 15.2. The van der Waals surface area contributed by atoms with E-state index in [1.165, 1.54) is 0 Å². The number of rotatable bonds is 10. The van der Waals surface area contributed by atoms with E-state index >= 15 is 0 Å². The molecule has 7 nitrogen and oxygen atoms in total. The molecule has 0 spiro atoms. The molecular formula is C19H27N3O4. The Kier molecular flexibility index (Phi) is 8.91. The van der Waals surface area contributed by atoms with Crippen molar-refractivity contribution < 1.29 is 19.1 Å². The van der Waals surface area contributed by atoms with Crippen LogP contribution in [-0.2, 0) is 20.9 Å². The smallest absolute Gasteiger partial charge is 0.408 e. The molecular weight excluding hydrogens is 334 g/mol. The van der Waals surface area contributed by atoms with Crippen LogP contribution in [0.25, 0.3) is 0 Å². The summed E-state index contributed by atoms with van der Waals surface area (Å²) in [5, 5.41) is 5.12. The van der Waals surface area contributed by atoms with Crippen molar-refractivity contribution in [3.63, 3.8) is 0 Å². The molecule has 0 bridgehead atoms. The number of carbonyl (C=O) groups is 3. The third-order valence-corrected chi connectivity index (χ3v) is 3.75. The molecule has 0 aliphatic carbocycles. The molecule has 0 aliphatic rings. The summed E-state index contributed by atoms with van der Waals surface area (Å²) in [6.07, 6.45) is 1.83. The molecule has 0 fully saturated rings. The first-order chi connectivity index (χ1) is 12.3. The Balaban J connectivity index is 2.62. The Hall–Kier alpha value is -2.83. The van der Waals surface area contributed by atoms with Crippen molar-refractivity contribution in [1.82, 2.24) is 10.6 Å². The van der Waals surface area contributed by atoms with Crippen LogP contribution in [0.1, 0.15) is 32.3 Å². The molecule has 4 N–H and O–H groups in total. The van der Waals surface area contributed by atoms with Gasteiger partial charge in [-0.25, -0.2) is 4.79 Å². The van der Waals surface area contributed by atoms with E-state index < -0.39 is 30.0 Å². The van der Waals surface area contributed by atoms with E-state index in [1.807, 2.05) is 30.3 Å². The normalized spacial score (nSPS) is 12.7. The molecule has 2 atom stereocenters. The maximum atomic E-state index is 12.5. The molecule has 0 saturated carbocycles. The summed E-state index contributed by atoms with van der Waals surface area (Å²) in [6.45, 7) is 7.25. The molecule has 3 amide bonds. The summed E-state index contributed by atoms with van der Waals surface area (Å²) in [4.78, 5) is 35.9. The van der Waals surface area contributed by atoms with Crippen LogP contribution in [0.3, 0.4) is 0 Å². The van der Waals surface area contributed by atoms with E-state index in [1.54, 1.807) is 19.9 Å². The fourth-order valence-corrected chi connectivity index (χ4v) is 2.26. The van der Waals surface area contributed by atoms with Crippen molar-refractivity contribution in [2.75, 3.05) is 0 Å². The number of ether oxygens (including phenoxy) is 1. The average molecular weight is 361 g/mol. The lowest BCUT2D eigenvalue weighted by Crippen LogP contribution is -2.54. The van der Waals surface area contributed by atoms with Crippen molar-refractivity contribution in [3.05, 3.63) is 48.6 Å². The Bertz CT molecular complexity index is 616. The van der Waals surface area contributed by atoms with Crippen LogP contribution in [0.5, 0.6) is 0 Å². The van der Waals surface area contributed by atoms with Gasteiger partial charge in [-0.3, -0.25) is 9.59 Å². The van der Waals surface area contributed by atoms with Gasteiger partial charge in [0.1, 0.15) is 18.7 Å². The second-order valence-electron chi connectivity index (χ2n) is 6.26. The summed E-state index contributed by atoms with van der Waals surface area (Å²) < 4.78 is 5.14. The molecule has 0 aliphatic heterocycles. The first kappa shape index (κ1) is 21.2. The van der Waals surface area contributed by atoms with Gasteiger partial charge in [-0.2, -0.15) is 0 Å². The molecule has 26 heavy (non-hydrogen) atoms. The summed E-state index contributed by atoms with van der Waals surface area (Å²) in [6, 6.07) is 7.55. The van der Waals surface area contributed by atoms with Crippen LogP contribution in [0, 0.1) is 5.92 Å². The topological polar surface area (TPSA) is 111 Å². The van der Waals surface area contributed by atoms with Gasteiger partial charge < -0.3 is 21.1 Å². The van der Waals surface area contributed by atoms with Gasteiger partial charge in [-0.1, -0.05) is 50.3 Å². The zero-order chi connectivity index (χ0) is 19.5. The second-order valence-corrected chi connectivity index (χ2v) is 6.26. The maximum Gasteiger partial charge on any atom is 0.408 e. The lowest BCUT2D eigenvalue weighted by Gasteiger charge is -2.24. The van der Waals surface area contributed by atoms with Gasteiger partial charge in [0, 0.05) is 0 Å². The van der Waals surface area contributed by atoms with E-state index in [0.29, 0.717) is 12.8 Å². The third kappa shape index (κ3) is 7.38. The predicted molar refractivity (Wildman–Crippen MR) is 98.9 cm³/mol. The van der Waals surface area contributed by atoms with Crippen molar-refractivity contribution in [3.8, 4) is 0 Å². The molecule has 0 radical (unpaired) electrons. The minimum Gasteiger partial charge on any atom is -0.445 e. The standard InChI is InChI=1S/C19H27N3O4/c1-4-5-11-15(17(20)23)21-18(24)16(13(2)3)22-19(25)26-12-14-9-7-6-8-10-14/h4,6-10,13,15-16H,1,5,11-12H2,2-3H3,(H2,20,23)(H,21,24)(H,22,25)/t15-,16+/m0/s1. The van der Waals surface area contributed by atoms with Crippen LogP contribution in [0.15, 0.2) is 43.0 Å². The van der Waals surface area contributed by atoms with Gasteiger partial charge in [0.15, 0.2) is 0 Å². The maximum absolute atomic E-state index is 12.5. The Labute approximate surface area is 154 Å². The largest absolute Gasteiger partial charge is 0.445 e. The SMILES string of the molecule is C=CCC[C@H](NC(=O)[C@H](NC(=O)OCc1ccccc1)C(C)C)C(N)=O. The number of benzene rings is 1. The van der Waals surface area contributed by atoms with Gasteiger partial charge in [-0.15, -0.1) is 6.58 Å². The number of nitrogens with one attached hydrogen (secondary N) is 2. The average Bonchev–Trinajstić information content (AvgIpc) is 2.61. The number of carbonyl (C=O) groups excluding carboxylic acids is 3. The minimum atomic E-state index is -0.844. The lowest BCUT2D eigenvalue weighted by molar-refractivity contribution is -0.129. The predicted octanol–water partition coefficient (Wildman–Crippen LogP) is 1.87. The highest BCUT2D eigenvalue weighted by atomic mass is 16.5. The second kappa shape index (κ2) is 10.9. The molecule has 1 aromatic carbocycles. The van der Waals surface area contributed by atoms with Crippen LogP contribution in [0.4, 0.5) is 4.79 Å². The molecule has 1 rings (SSSR count). The number of allylic oxidation sites excluding steroid dienone is 1. The Morgan fingerprint density at radius 1 is 1.19 bits per heavy atom. The molecule has 1 aromatic rings. The molecule has 0 unspecified atom stereocenters. The summed E-state index contributed by atoms with van der Waals surface area (Å²) in [5.74, 6) is -1.31. The number of alkyl carbamates (subject to hydrolysis) is 1. The van der Waals surface area contributed by atoms with Crippen molar-refractivity contribution in [2.45, 2.75) is 45.4 Å². The number of hydrogen-bond donors (Lipinski definition) is 3. The summed E-state index contributed by atoms with van der Waals surface area (Å²) in [7, 11) is 0. The molecule has 0 saturated heterocycles. The summed E-state index contributed by atoms with van der Waals surface area (Å²) >= 11 is 0. The zero-order valence-electron chi connectivity index (χ0n) is 15.2. The fraction of sp³-hybridized carbons (Fsp3) is 0.421. The molecule has 0 heterocycles.